The van der Waals surface area contributed by atoms with Gasteiger partial charge in [-0.1, -0.05) is 31.5 Å². The molecule has 0 heterocycles. The van der Waals surface area contributed by atoms with E-state index in [0.29, 0.717) is 34.7 Å². The molecule has 3 aromatic carbocycles. The predicted molar refractivity (Wildman–Crippen MR) is 133 cm³/mol. The fourth-order valence-corrected chi connectivity index (χ4v) is 3.96. The summed E-state index contributed by atoms with van der Waals surface area (Å²) < 4.78 is 27.1. The number of halogens is 3. The molecule has 0 aliphatic heterocycles. The van der Waals surface area contributed by atoms with Crippen LogP contribution in [0.2, 0.25) is 5.02 Å². The van der Waals surface area contributed by atoms with Crippen LogP contribution in [0.5, 0.6) is 0 Å². The highest BCUT2D eigenvalue weighted by atomic mass is 35.5. The standard InChI is InChI=1S/C27H27ClF2N2O3/c1-15(2)10-20(14-33)32-27(35)17-5-4-16(3)22(11-17)26(34)21-8-7-19(13-23(21)28)31-25-9-6-18(29)12-24(25)30/h4-9,11-13,15,20,31,33H,10,14H2,1-3H3,(H,32,35)/t20-/m1/s1. The highest BCUT2D eigenvalue weighted by molar-refractivity contribution is 6.35. The Hall–Kier alpha value is -3.29. The van der Waals surface area contributed by atoms with Crippen molar-refractivity contribution in [3.63, 3.8) is 0 Å². The summed E-state index contributed by atoms with van der Waals surface area (Å²) in [4.78, 5) is 26.0. The van der Waals surface area contributed by atoms with Crippen LogP contribution in [-0.2, 0) is 0 Å². The molecule has 35 heavy (non-hydrogen) atoms. The SMILES string of the molecule is Cc1ccc(C(=O)N[C@@H](CO)CC(C)C)cc1C(=O)c1ccc(Nc2ccc(F)cc2F)cc1Cl. The third kappa shape index (κ3) is 6.65. The Balaban J connectivity index is 1.82. The van der Waals surface area contributed by atoms with Gasteiger partial charge in [0.05, 0.1) is 23.4 Å². The zero-order valence-corrected chi connectivity index (χ0v) is 20.4. The zero-order valence-electron chi connectivity index (χ0n) is 19.7. The van der Waals surface area contributed by atoms with E-state index in [2.05, 4.69) is 10.6 Å². The first kappa shape index (κ1) is 26.3. The summed E-state index contributed by atoms with van der Waals surface area (Å²) in [6.07, 6.45) is 0.623. The number of aliphatic hydroxyl groups is 1. The van der Waals surface area contributed by atoms with Crippen LogP contribution in [0.25, 0.3) is 0 Å². The lowest BCUT2D eigenvalue weighted by Gasteiger charge is -2.18. The van der Waals surface area contributed by atoms with Crippen LogP contribution in [0, 0.1) is 24.5 Å². The van der Waals surface area contributed by atoms with Gasteiger partial charge in [0.25, 0.3) is 5.91 Å². The van der Waals surface area contributed by atoms with Gasteiger partial charge in [0, 0.05) is 28.4 Å². The van der Waals surface area contributed by atoms with Gasteiger partial charge in [-0.2, -0.15) is 0 Å². The number of aryl methyl sites for hydroxylation is 1. The topological polar surface area (TPSA) is 78.4 Å². The number of rotatable bonds is 9. The summed E-state index contributed by atoms with van der Waals surface area (Å²) in [5.74, 6) is -1.91. The molecule has 3 N–H and O–H groups in total. The predicted octanol–water partition coefficient (Wildman–Crippen LogP) is 6.04. The molecule has 1 amide bonds. The Labute approximate surface area is 208 Å². The number of carbonyl (C=O) groups excluding carboxylic acids is 2. The van der Waals surface area contributed by atoms with Crippen LogP contribution < -0.4 is 10.6 Å². The van der Waals surface area contributed by atoms with E-state index in [1.165, 1.54) is 24.3 Å². The number of amides is 1. The van der Waals surface area contributed by atoms with E-state index in [9.17, 15) is 23.5 Å². The van der Waals surface area contributed by atoms with Gasteiger partial charge >= 0.3 is 0 Å². The molecule has 0 saturated carbocycles. The molecule has 184 valence electrons. The van der Waals surface area contributed by atoms with E-state index in [1.54, 1.807) is 25.1 Å². The summed E-state index contributed by atoms with van der Waals surface area (Å²) in [6.45, 7) is 5.57. The van der Waals surface area contributed by atoms with Crippen molar-refractivity contribution < 1.29 is 23.5 Å². The fraction of sp³-hybridized carbons (Fsp3) is 0.259. The first-order valence-electron chi connectivity index (χ1n) is 11.2. The van der Waals surface area contributed by atoms with Crippen molar-refractivity contribution in [2.45, 2.75) is 33.2 Å². The molecule has 0 fully saturated rings. The van der Waals surface area contributed by atoms with Gasteiger partial charge in [0.1, 0.15) is 11.6 Å². The monoisotopic (exact) mass is 500 g/mol. The molecule has 8 heteroatoms. The summed E-state index contributed by atoms with van der Waals surface area (Å²) in [6, 6.07) is 12.1. The Bertz CT molecular complexity index is 1250. The van der Waals surface area contributed by atoms with Crippen LogP contribution in [0.15, 0.2) is 54.6 Å². The lowest BCUT2D eigenvalue weighted by molar-refractivity contribution is 0.0908. The number of benzene rings is 3. The van der Waals surface area contributed by atoms with Gasteiger partial charge < -0.3 is 15.7 Å². The molecule has 0 aliphatic carbocycles. The van der Waals surface area contributed by atoms with Crippen LogP contribution >= 0.6 is 11.6 Å². The van der Waals surface area contributed by atoms with Crippen molar-refractivity contribution in [3.05, 3.63) is 93.5 Å². The number of carbonyl (C=O) groups is 2. The largest absolute Gasteiger partial charge is 0.394 e. The summed E-state index contributed by atoms with van der Waals surface area (Å²) >= 11 is 6.37. The smallest absolute Gasteiger partial charge is 0.251 e. The first-order valence-corrected chi connectivity index (χ1v) is 11.6. The lowest BCUT2D eigenvalue weighted by atomic mass is 9.96. The lowest BCUT2D eigenvalue weighted by Crippen LogP contribution is -2.38. The minimum Gasteiger partial charge on any atom is -0.394 e. The van der Waals surface area contributed by atoms with Crippen LogP contribution in [0.3, 0.4) is 0 Å². The van der Waals surface area contributed by atoms with Crippen LogP contribution in [0.1, 0.15) is 52.1 Å². The average molecular weight is 501 g/mol. The van der Waals surface area contributed by atoms with Crippen molar-refractivity contribution in [3.8, 4) is 0 Å². The zero-order chi connectivity index (χ0) is 25.7. The molecule has 0 bridgehead atoms. The number of hydrogen-bond acceptors (Lipinski definition) is 4. The molecular formula is C27H27ClF2N2O3. The first-order chi connectivity index (χ1) is 16.6. The number of nitrogens with one attached hydrogen (secondary N) is 2. The molecule has 3 aromatic rings. The second kappa shape index (κ2) is 11.4. The Morgan fingerprint density at radius 2 is 1.74 bits per heavy atom. The van der Waals surface area contributed by atoms with E-state index >= 15 is 0 Å². The maximum absolute atomic E-state index is 13.9. The number of aliphatic hydroxyl groups excluding tert-OH is 1. The average Bonchev–Trinajstić information content (AvgIpc) is 2.80. The molecule has 3 rings (SSSR count). The minimum absolute atomic E-state index is 0.0646. The normalized spacial score (nSPS) is 11.9. The molecule has 0 unspecified atom stereocenters. The second-order valence-corrected chi connectivity index (χ2v) is 9.19. The van der Waals surface area contributed by atoms with Crippen molar-refractivity contribution >= 4 is 34.7 Å². The van der Waals surface area contributed by atoms with E-state index < -0.39 is 11.6 Å². The van der Waals surface area contributed by atoms with Crippen molar-refractivity contribution in [1.29, 1.82) is 0 Å². The van der Waals surface area contributed by atoms with Gasteiger partial charge in [-0.15, -0.1) is 0 Å². The quantitative estimate of drug-likeness (QED) is 0.313. The molecule has 0 aliphatic rings. The van der Waals surface area contributed by atoms with E-state index in [1.807, 2.05) is 13.8 Å². The van der Waals surface area contributed by atoms with E-state index in [0.717, 1.165) is 12.1 Å². The molecule has 0 aromatic heterocycles. The van der Waals surface area contributed by atoms with Crippen molar-refractivity contribution in [2.75, 3.05) is 11.9 Å². The Morgan fingerprint density at radius 1 is 1.00 bits per heavy atom. The van der Waals surface area contributed by atoms with Crippen LogP contribution in [0.4, 0.5) is 20.2 Å². The second-order valence-electron chi connectivity index (χ2n) is 8.79. The molecular weight excluding hydrogens is 474 g/mol. The van der Waals surface area contributed by atoms with Gasteiger partial charge in [-0.05, 0) is 67.3 Å². The molecule has 5 nitrogen and oxygen atoms in total. The Kier molecular flexibility index (Phi) is 8.59. The van der Waals surface area contributed by atoms with Crippen molar-refractivity contribution in [1.82, 2.24) is 5.32 Å². The van der Waals surface area contributed by atoms with E-state index in [-0.39, 0.29) is 40.6 Å². The molecule has 0 saturated heterocycles. The summed E-state index contributed by atoms with van der Waals surface area (Å²) in [5, 5.41) is 15.3. The molecule has 0 spiro atoms. The van der Waals surface area contributed by atoms with Gasteiger partial charge in [0.15, 0.2) is 5.78 Å². The minimum atomic E-state index is -0.760. The Morgan fingerprint density at radius 3 is 2.37 bits per heavy atom. The molecule has 0 radical (unpaired) electrons. The van der Waals surface area contributed by atoms with Gasteiger partial charge in [-0.3, -0.25) is 9.59 Å². The third-order valence-corrected chi connectivity index (χ3v) is 5.79. The number of hydrogen-bond donors (Lipinski definition) is 3. The summed E-state index contributed by atoms with van der Waals surface area (Å²) in [7, 11) is 0. The van der Waals surface area contributed by atoms with Gasteiger partial charge in [0.2, 0.25) is 0 Å². The van der Waals surface area contributed by atoms with Crippen molar-refractivity contribution in [2.24, 2.45) is 5.92 Å². The molecule has 1 atom stereocenters. The summed E-state index contributed by atoms with van der Waals surface area (Å²) in [5.41, 5.74) is 1.97. The number of anilines is 2. The highest BCUT2D eigenvalue weighted by Gasteiger charge is 2.20. The third-order valence-electron chi connectivity index (χ3n) is 5.48. The maximum Gasteiger partial charge on any atom is 0.251 e. The van der Waals surface area contributed by atoms with Crippen LogP contribution in [-0.4, -0.2) is 29.4 Å². The maximum atomic E-state index is 13.9. The van der Waals surface area contributed by atoms with Gasteiger partial charge in [-0.25, -0.2) is 8.78 Å². The fourth-order valence-electron chi connectivity index (χ4n) is 3.69. The number of ketones is 1. The van der Waals surface area contributed by atoms with E-state index in [4.69, 9.17) is 11.6 Å². The highest BCUT2D eigenvalue weighted by Crippen LogP contribution is 2.28.